The molecule has 0 saturated carbocycles. The van der Waals surface area contributed by atoms with E-state index in [-0.39, 0.29) is 0 Å². The highest BCUT2D eigenvalue weighted by Gasteiger charge is 2.44. The number of aliphatic imine (C=N–C) groups is 1. The molecule has 0 radical (unpaired) electrons. The maximum atomic E-state index is 10.8. The van der Waals surface area contributed by atoms with Gasteiger partial charge in [-0.3, -0.25) is 15.0 Å². The fourth-order valence-electron chi connectivity index (χ4n) is 4.05. The fourth-order valence-corrected chi connectivity index (χ4v) is 4.05. The van der Waals surface area contributed by atoms with Gasteiger partial charge in [-0.1, -0.05) is 48.0 Å². The van der Waals surface area contributed by atoms with Gasteiger partial charge in [0.05, 0.1) is 22.8 Å². The van der Waals surface area contributed by atoms with E-state index in [0.717, 1.165) is 33.9 Å². The van der Waals surface area contributed by atoms with Crippen LogP contribution in [0.25, 0.3) is 5.70 Å². The molecule has 2 aliphatic heterocycles. The first-order valence-electron chi connectivity index (χ1n) is 10.6. The smallest absolute Gasteiger partial charge is 0.164 e. The average molecular weight is 425 g/mol. The molecule has 32 heavy (non-hydrogen) atoms. The highest BCUT2D eigenvalue weighted by atomic mass is 16.3. The minimum atomic E-state index is -0.923. The van der Waals surface area contributed by atoms with E-state index in [4.69, 9.17) is 4.99 Å². The van der Waals surface area contributed by atoms with Crippen molar-refractivity contribution >= 4 is 17.1 Å². The van der Waals surface area contributed by atoms with Gasteiger partial charge in [0.15, 0.2) is 12.2 Å². The van der Waals surface area contributed by atoms with Crippen LogP contribution in [0.3, 0.4) is 0 Å². The van der Waals surface area contributed by atoms with Crippen LogP contribution in [0.15, 0.2) is 94.2 Å². The van der Waals surface area contributed by atoms with Crippen molar-refractivity contribution in [2.24, 2.45) is 15.2 Å². The molecule has 0 amide bonds. The van der Waals surface area contributed by atoms with Crippen LogP contribution >= 0.6 is 0 Å². The van der Waals surface area contributed by atoms with Crippen LogP contribution in [0.2, 0.25) is 0 Å². The van der Waals surface area contributed by atoms with Gasteiger partial charge in [0.1, 0.15) is 6.23 Å². The summed E-state index contributed by atoms with van der Waals surface area (Å²) in [5, 5.41) is 21.5. The number of rotatable bonds is 4. The van der Waals surface area contributed by atoms with E-state index in [9.17, 15) is 5.11 Å². The second-order valence-electron chi connectivity index (χ2n) is 7.98. The van der Waals surface area contributed by atoms with Gasteiger partial charge in [-0.15, -0.1) is 0 Å². The molecule has 3 aromatic rings. The monoisotopic (exact) mass is 424 g/mol. The highest BCUT2D eigenvalue weighted by Crippen LogP contribution is 2.34. The van der Waals surface area contributed by atoms with E-state index < -0.39 is 18.4 Å². The Balaban J connectivity index is 1.58. The molecule has 160 valence electrons. The maximum absolute atomic E-state index is 10.8. The number of aromatic nitrogens is 1. The first-order valence-corrected chi connectivity index (χ1v) is 10.6. The summed E-state index contributed by atoms with van der Waals surface area (Å²) in [5.41, 5.74) is 9.71. The van der Waals surface area contributed by atoms with Gasteiger partial charge >= 0.3 is 0 Å². The number of fused-ring (bicyclic) bond motifs is 1. The van der Waals surface area contributed by atoms with Crippen molar-refractivity contribution in [2.75, 3.05) is 0 Å². The van der Waals surface area contributed by atoms with Gasteiger partial charge in [0, 0.05) is 11.8 Å². The summed E-state index contributed by atoms with van der Waals surface area (Å²) in [4.78, 5) is 9.40. The third-order valence-corrected chi connectivity index (χ3v) is 5.62. The average Bonchev–Trinajstić information content (AvgIpc) is 3.13. The lowest BCUT2D eigenvalue weighted by Gasteiger charge is -2.31. The normalized spacial score (nSPS) is 22.6. The van der Waals surface area contributed by atoms with Gasteiger partial charge in [0.2, 0.25) is 0 Å². The van der Waals surface area contributed by atoms with Crippen molar-refractivity contribution in [3.63, 3.8) is 0 Å². The van der Waals surface area contributed by atoms with Crippen LogP contribution in [0, 0.1) is 13.8 Å². The number of aliphatic hydroxyl groups is 1. The largest absolute Gasteiger partial charge is 0.374 e. The third-order valence-electron chi connectivity index (χ3n) is 5.62. The van der Waals surface area contributed by atoms with Crippen LogP contribution < -0.4 is 5.43 Å². The number of pyridine rings is 1. The molecule has 5 rings (SSSR count). The SMILES string of the molecule is Cc1ccc(C2=CC(c3ccccn3)=NC3C(N=Nc4ccccc4)C(O)NN23)c(C)c1. The molecule has 1 saturated heterocycles. The first-order chi connectivity index (χ1) is 15.6. The maximum Gasteiger partial charge on any atom is 0.164 e. The highest BCUT2D eigenvalue weighted by molar-refractivity contribution is 6.12. The number of hydrogen-bond acceptors (Lipinski definition) is 7. The Labute approximate surface area is 186 Å². The molecule has 0 bridgehead atoms. The number of aryl methyl sites for hydroxylation is 2. The molecular formula is C25H24N6O. The summed E-state index contributed by atoms with van der Waals surface area (Å²) in [6, 6.07) is 21.0. The number of nitrogens with zero attached hydrogens (tertiary/aromatic N) is 5. The number of azo groups is 1. The first kappa shape index (κ1) is 20.2. The fraction of sp³-hybridized carbons (Fsp3) is 0.200. The Hall–Kier alpha value is -3.68. The van der Waals surface area contributed by atoms with E-state index in [2.05, 4.69) is 52.7 Å². The Kier molecular flexibility index (Phi) is 5.34. The molecule has 0 spiro atoms. The standard InChI is InChI=1S/C25H24N6O/c1-16-11-12-19(17(2)14-16)22-15-21(20-10-6-7-13-26-20)27-24-23(25(32)30-31(22)24)29-28-18-8-4-3-5-9-18/h3-15,23-25,30,32H,1-2H3. The van der Waals surface area contributed by atoms with Crippen molar-refractivity contribution in [3.8, 4) is 0 Å². The van der Waals surface area contributed by atoms with Gasteiger partial charge in [-0.05, 0) is 49.8 Å². The number of hydrazine groups is 1. The van der Waals surface area contributed by atoms with E-state index in [1.54, 1.807) is 6.20 Å². The minimum Gasteiger partial charge on any atom is -0.374 e. The second kappa shape index (κ2) is 8.45. The van der Waals surface area contributed by atoms with E-state index in [0.29, 0.717) is 0 Å². The van der Waals surface area contributed by atoms with Crippen molar-refractivity contribution < 1.29 is 5.11 Å². The van der Waals surface area contributed by atoms with Crippen molar-refractivity contribution in [1.29, 1.82) is 0 Å². The Bertz CT molecular complexity index is 1210. The molecule has 2 aromatic carbocycles. The number of aliphatic hydroxyl groups excluding tert-OH is 1. The zero-order valence-corrected chi connectivity index (χ0v) is 17.9. The molecule has 3 atom stereocenters. The predicted molar refractivity (Wildman–Crippen MR) is 124 cm³/mol. The number of hydrogen-bond donors (Lipinski definition) is 2. The molecule has 3 unspecified atom stereocenters. The topological polar surface area (TPSA) is 85.5 Å². The lowest BCUT2D eigenvalue weighted by Crippen LogP contribution is -2.40. The zero-order chi connectivity index (χ0) is 22.1. The Morgan fingerprint density at radius 2 is 1.81 bits per heavy atom. The lowest BCUT2D eigenvalue weighted by atomic mass is 9.99. The van der Waals surface area contributed by atoms with E-state index >= 15 is 0 Å². The number of allylic oxidation sites excluding steroid dienone is 1. The summed E-state index contributed by atoms with van der Waals surface area (Å²) < 4.78 is 0. The van der Waals surface area contributed by atoms with Crippen molar-refractivity contribution in [2.45, 2.75) is 32.3 Å². The predicted octanol–water partition coefficient (Wildman–Crippen LogP) is 4.16. The van der Waals surface area contributed by atoms with Crippen molar-refractivity contribution in [1.82, 2.24) is 15.4 Å². The van der Waals surface area contributed by atoms with E-state index in [1.165, 1.54) is 5.56 Å². The summed E-state index contributed by atoms with van der Waals surface area (Å²) >= 11 is 0. The Morgan fingerprint density at radius 1 is 1.00 bits per heavy atom. The van der Waals surface area contributed by atoms with Gasteiger partial charge in [-0.2, -0.15) is 10.2 Å². The molecule has 0 aliphatic carbocycles. The molecule has 2 aliphatic rings. The lowest BCUT2D eigenvalue weighted by molar-refractivity contribution is 0.117. The number of benzene rings is 2. The molecule has 7 nitrogen and oxygen atoms in total. The molecule has 2 N–H and O–H groups in total. The summed E-state index contributed by atoms with van der Waals surface area (Å²) in [7, 11) is 0. The van der Waals surface area contributed by atoms with Crippen LogP contribution in [-0.2, 0) is 0 Å². The van der Waals surface area contributed by atoms with Gasteiger partial charge in [-0.25, -0.2) is 5.43 Å². The van der Waals surface area contributed by atoms with E-state index in [1.807, 2.05) is 59.6 Å². The second-order valence-corrected chi connectivity index (χ2v) is 7.98. The molecule has 7 heteroatoms. The van der Waals surface area contributed by atoms with Crippen LogP contribution in [0.5, 0.6) is 0 Å². The number of nitrogens with one attached hydrogen (secondary N) is 1. The van der Waals surface area contributed by atoms with Crippen LogP contribution in [-0.4, -0.2) is 39.2 Å². The zero-order valence-electron chi connectivity index (χ0n) is 17.9. The van der Waals surface area contributed by atoms with Gasteiger partial charge < -0.3 is 5.11 Å². The van der Waals surface area contributed by atoms with Crippen LogP contribution in [0.1, 0.15) is 22.4 Å². The van der Waals surface area contributed by atoms with Gasteiger partial charge in [0.25, 0.3) is 0 Å². The quantitative estimate of drug-likeness (QED) is 0.616. The van der Waals surface area contributed by atoms with Crippen LogP contribution in [0.4, 0.5) is 5.69 Å². The Morgan fingerprint density at radius 3 is 2.56 bits per heavy atom. The summed E-state index contributed by atoms with van der Waals surface area (Å²) in [6.45, 7) is 4.16. The minimum absolute atomic E-state index is 0.463. The molecule has 3 heterocycles. The summed E-state index contributed by atoms with van der Waals surface area (Å²) in [6.07, 6.45) is 2.37. The third kappa shape index (κ3) is 3.84. The molecular weight excluding hydrogens is 400 g/mol. The molecule has 1 fully saturated rings. The molecule has 1 aromatic heterocycles. The van der Waals surface area contributed by atoms with Crippen molar-refractivity contribution in [3.05, 3.63) is 101 Å². The summed E-state index contributed by atoms with van der Waals surface area (Å²) in [5.74, 6) is 0.